The van der Waals surface area contributed by atoms with E-state index >= 15 is 0 Å². The zero-order valence-electron chi connectivity index (χ0n) is 13.4. The van der Waals surface area contributed by atoms with Crippen LogP contribution in [0.1, 0.15) is 30.7 Å². The van der Waals surface area contributed by atoms with E-state index in [9.17, 15) is 0 Å². The van der Waals surface area contributed by atoms with Crippen LogP contribution in [0.3, 0.4) is 0 Å². The molecule has 0 aliphatic rings. The van der Waals surface area contributed by atoms with Gasteiger partial charge in [-0.15, -0.1) is 0 Å². The van der Waals surface area contributed by atoms with Crippen LogP contribution in [0, 0.1) is 13.8 Å². The number of methoxy groups -OCH3 is 1. The zero-order chi connectivity index (χ0) is 15.4. The maximum Gasteiger partial charge on any atom is 0.165 e. The molecule has 0 aliphatic heterocycles. The SMILES string of the molecule is CCNc1nc(-c2ccc(C)cc2OC)nc(CC)c1C. The molecule has 1 heterocycles. The summed E-state index contributed by atoms with van der Waals surface area (Å²) in [6.45, 7) is 9.13. The van der Waals surface area contributed by atoms with Gasteiger partial charge in [0.25, 0.3) is 0 Å². The number of nitrogens with one attached hydrogen (secondary N) is 1. The van der Waals surface area contributed by atoms with Gasteiger partial charge < -0.3 is 10.1 Å². The van der Waals surface area contributed by atoms with Crippen LogP contribution in [0.25, 0.3) is 11.4 Å². The van der Waals surface area contributed by atoms with Crippen molar-refractivity contribution in [3.63, 3.8) is 0 Å². The molecule has 0 aliphatic carbocycles. The Morgan fingerprint density at radius 3 is 2.52 bits per heavy atom. The molecule has 0 amide bonds. The van der Waals surface area contributed by atoms with E-state index in [4.69, 9.17) is 9.72 Å². The highest BCUT2D eigenvalue weighted by atomic mass is 16.5. The second kappa shape index (κ2) is 6.57. The fraction of sp³-hybridized carbons (Fsp3) is 0.412. The van der Waals surface area contributed by atoms with Gasteiger partial charge in [-0.3, -0.25) is 0 Å². The van der Waals surface area contributed by atoms with Crippen molar-refractivity contribution in [2.45, 2.75) is 34.1 Å². The molecule has 4 heteroatoms. The van der Waals surface area contributed by atoms with Crippen molar-refractivity contribution in [3.05, 3.63) is 35.0 Å². The summed E-state index contributed by atoms with van der Waals surface area (Å²) in [6.07, 6.45) is 0.883. The number of benzene rings is 1. The van der Waals surface area contributed by atoms with E-state index in [0.29, 0.717) is 5.82 Å². The van der Waals surface area contributed by atoms with Gasteiger partial charge in [-0.1, -0.05) is 13.0 Å². The molecule has 0 unspecified atom stereocenters. The second-order valence-corrected chi connectivity index (χ2v) is 5.06. The highest BCUT2D eigenvalue weighted by Crippen LogP contribution is 2.30. The van der Waals surface area contributed by atoms with E-state index in [0.717, 1.165) is 46.9 Å². The lowest BCUT2D eigenvalue weighted by molar-refractivity contribution is 0.416. The van der Waals surface area contributed by atoms with Crippen LogP contribution < -0.4 is 10.1 Å². The third kappa shape index (κ3) is 3.15. The van der Waals surface area contributed by atoms with Crippen molar-refractivity contribution >= 4 is 5.82 Å². The summed E-state index contributed by atoms with van der Waals surface area (Å²) >= 11 is 0. The van der Waals surface area contributed by atoms with Crippen molar-refractivity contribution in [2.75, 3.05) is 19.0 Å². The molecule has 0 saturated carbocycles. The van der Waals surface area contributed by atoms with E-state index in [2.05, 4.69) is 37.1 Å². The number of hydrogen-bond acceptors (Lipinski definition) is 4. The Hall–Kier alpha value is -2.10. The highest BCUT2D eigenvalue weighted by Gasteiger charge is 2.14. The lowest BCUT2D eigenvalue weighted by Gasteiger charge is -2.14. The van der Waals surface area contributed by atoms with Gasteiger partial charge in [-0.05, 0) is 44.9 Å². The predicted octanol–water partition coefficient (Wildman–Crippen LogP) is 3.76. The molecule has 0 bridgehead atoms. The Balaban J connectivity index is 2.60. The maximum absolute atomic E-state index is 5.48. The van der Waals surface area contributed by atoms with Gasteiger partial charge in [0, 0.05) is 17.8 Å². The average molecular weight is 285 g/mol. The fourth-order valence-electron chi connectivity index (χ4n) is 2.35. The fourth-order valence-corrected chi connectivity index (χ4v) is 2.35. The van der Waals surface area contributed by atoms with E-state index in [1.807, 2.05) is 19.1 Å². The van der Waals surface area contributed by atoms with E-state index in [1.54, 1.807) is 7.11 Å². The predicted molar refractivity (Wildman–Crippen MR) is 87.0 cm³/mol. The number of hydrogen-bond donors (Lipinski definition) is 1. The molecule has 112 valence electrons. The number of aromatic nitrogens is 2. The van der Waals surface area contributed by atoms with Crippen molar-refractivity contribution < 1.29 is 4.74 Å². The van der Waals surface area contributed by atoms with E-state index in [-0.39, 0.29) is 0 Å². The summed E-state index contributed by atoms with van der Waals surface area (Å²) < 4.78 is 5.48. The van der Waals surface area contributed by atoms with Gasteiger partial charge in [0.15, 0.2) is 5.82 Å². The van der Waals surface area contributed by atoms with Crippen molar-refractivity contribution in [3.8, 4) is 17.1 Å². The van der Waals surface area contributed by atoms with Gasteiger partial charge in [-0.25, -0.2) is 9.97 Å². The van der Waals surface area contributed by atoms with Gasteiger partial charge >= 0.3 is 0 Å². The quantitative estimate of drug-likeness (QED) is 0.908. The summed E-state index contributed by atoms with van der Waals surface area (Å²) in [5, 5.41) is 3.32. The van der Waals surface area contributed by atoms with E-state index < -0.39 is 0 Å². The second-order valence-electron chi connectivity index (χ2n) is 5.06. The maximum atomic E-state index is 5.48. The van der Waals surface area contributed by atoms with Crippen molar-refractivity contribution in [1.82, 2.24) is 9.97 Å². The third-order valence-electron chi connectivity index (χ3n) is 3.52. The molecular weight excluding hydrogens is 262 g/mol. The van der Waals surface area contributed by atoms with Crippen LogP contribution >= 0.6 is 0 Å². The van der Waals surface area contributed by atoms with Crippen LogP contribution in [0.15, 0.2) is 18.2 Å². The Kier molecular flexibility index (Phi) is 4.78. The molecule has 2 rings (SSSR count). The first-order valence-corrected chi connectivity index (χ1v) is 7.37. The number of anilines is 1. The summed E-state index contributed by atoms with van der Waals surface area (Å²) in [5.41, 5.74) is 4.27. The van der Waals surface area contributed by atoms with Crippen LogP contribution in [0.5, 0.6) is 5.75 Å². The molecule has 4 nitrogen and oxygen atoms in total. The standard InChI is InChI=1S/C17H23N3O/c1-6-14-12(4)16(18-7-2)20-17(19-14)13-9-8-11(3)10-15(13)21-5/h8-10H,6-7H2,1-5H3,(H,18,19,20). The van der Waals surface area contributed by atoms with Gasteiger partial charge in [0.2, 0.25) is 0 Å². The molecule has 1 N–H and O–H groups in total. The third-order valence-corrected chi connectivity index (χ3v) is 3.52. The van der Waals surface area contributed by atoms with Crippen LogP contribution in [-0.4, -0.2) is 23.6 Å². The zero-order valence-corrected chi connectivity index (χ0v) is 13.4. The molecule has 21 heavy (non-hydrogen) atoms. The number of rotatable bonds is 5. The molecule has 1 aromatic carbocycles. The van der Waals surface area contributed by atoms with E-state index in [1.165, 1.54) is 0 Å². The Labute approximate surface area is 126 Å². The van der Waals surface area contributed by atoms with Crippen LogP contribution in [-0.2, 0) is 6.42 Å². The van der Waals surface area contributed by atoms with Crippen molar-refractivity contribution in [1.29, 1.82) is 0 Å². The van der Waals surface area contributed by atoms with Gasteiger partial charge in [-0.2, -0.15) is 0 Å². The topological polar surface area (TPSA) is 47.0 Å². The first kappa shape index (κ1) is 15.3. The number of aryl methyl sites for hydroxylation is 2. The monoisotopic (exact) mass is 285 g/mol. The number of ether oxygens (including phenoxy) is 1. The first-order valence-electron chi connectivity index (χ1n) is 7.37. The van der Waals surface area contributed by atoms with Gasteiger partial charge in [0.1, 0.15) is 11.6 Å². The Bertz CT molecular complexity index is 638. The molecule has 0 saturated heterocycles. The molecule has 0 spiro atoms. The Morgan fingerprint density at radius 2 is 1.90 bits per heavy atom. The summed E-state index contributed by atoms with van der Waals surface area (Å²) in [5.74, 6) is 2.43. The minimum absolute atomic E-state index is 0.713. The Morgan fingerprint density at radius 1 is 1.14 bits per heavy atom. The summed E-state index contributed by atoms with van der Waals surface area (Å²) in [4.78, 5) is 9.39. The lowest BCUT2D eigenvalue weighted by Crippen LogP contribution is -2.08. The molecule has 2 aromatic rings. The first-order chi connectivity index (χ1) is 10.1. The van der Waals surface area contributed by atoms with Crippen LogP contribution in [0.4, 0.5) is 5.82 Å². The summed E-state index contributed by atoms with van der Waals surface area (Å²) in [6, 6.07) is 6.09. The molecular formula is C17H23N3O. The molecule has 1 aromatic heterocycles. The number of nitrogens with zero attached hydrogens (tertiary/aromatic N) is 2. The molecule has 0 fully saturated rings. The highest BCUT2D eigenvalue weighted by molar-refractivity contribution is 5.67. The normalized spacial score (nSPS) is 10.5. The van der Waals surface area contributed by atoms with Crippen molar-refractivity contribution in [2.24, 2.45) is 0 Å². The smallest absolute Gasteiger partial charge is 0.165 e. The largest absolute Gasteiger partial charge is 0.496 e. The van der Waals surface area contributed by atoms with Gasteiger partial charge in [0.05, 0.1) is 12.7 Å². The summed E-state index contributed by atoms with van der Waals surface area (Å²) in [7, 11) is 1.68. The van der Waals surface area contributed by atoms with Crippen LogP contribution in [0.2, 0.25) is 0 Å². The molecule has 0 radical (unpaired) electrons. The minimum atomic E-state index is 0.713. The molecule has 0 atom stereocenters. The lowest BCUT2D eigenvalue weighted by atomic mass is 10.1. The minimum Gasteiger partial charge on any atom is -0.496 e. The average Bonchev–Trinajstić information content (AvgIpc) is 2.49.